The van der Waals surface area contributed by atoms with Crippen molar-refractivity contribution >= 4 is 33.2 Å². The summed E-state index contributed by atoms with van der Waals surface area (Å²) in [5, 5.41) is 2.80. The molecule has 0 aliphatic heterocycles. The van der Waals surface area contributed by atoms with Crippen molar-refractivity contribution in [2.45, 2.75) is 6.92 Å². The zero-order valence-electron chi connectivity index (χ0n) is 9.14. The van der Waals surface area contributed by atoms with E-state index < -0.39 is 0 Å². The highest BCUT2D eigenvalue weighted by Gasteiger charge is 2.06. The predicted octanol–water partition coefficient (Wildman–Crippen LogP) is 4.32. The Morgan fingerprint density at radius 1 is 1.29 bits per heavy atom. The van der Waals surface area contributed by atoms with Crippen LogP contribution in [0.25, 0.3) is 21.6 Å². The molecule has 0 aliphatic rings. The van der Waals surface area contributed by atoms with Gasteiger partial charge in [0, 0.05) is 16.8 Å². The molecule has 1 aromatic carbocycles. The molecule has 4 heteroatoms. The van der Waals surface area contributed by atoms with Crippen LogP contribution in [0, 0.1) is 6.92 Å². The second kappa shape index (κ2) is 4.09. The highest BCUT2D eigenvalue weighted by Crippen LogP contribution is 2.26. The van der Waals surface area contributed by atoms with E-state index in [4.69, 9.17) is 11.6 Å². The number of halogens is 1. The Hall–Kier alpha value is -1.45. The van der Waals surface area contributed by atoms with E-state index in [1.165, 1.54) is 5.56 Å². The summed E-state index contributed by atoms with van der Waals surface area (Å²) in [6, 6.07) is 7.60. The van der Waals surface area contributed by atoms with E-state index in [1.54, 1.807) is 11.3 Å². The van der Waals surface area contributed by atoms with Crippen LogP contribution in [0.4, 0.5) is 0 Å². The predicted molar refractivity (Wildman–Crippen MR) is 72.6 cm³/mol. The normalized spacial score (nSPS) is 10.9. The van der Waals surface area contributed by atoms with E-state index in [2.05, 4.69) is 22.3 Å². The smallest absolute Gasteiger partial charge is 0.159 e. The minimum atomic E-state index is 0.702. The summed E-state index contributed by atoms with van der Waals surface area (Å²) >= 11 is 7.64. The molecule has 0 saturated carbocycles. The zero-order chi connectivity index (χ0) is 11.8. The molecule has 0 N–H and O–H groups in total. The monoisotopic (exact) mass is 260 g/mol. The van der Waals surface area contributed by atoms with Crippen LogP contribution in [-0.4, -0.2) is 9.97 Å². The minimum absolute atomic E-state index is 0.702. The molecule has 2 nitrogen and oxygen atoms in total. The topological polar surface area (TPSA) is 25.8 Å². The number of hydrogen-bond donors (Lipinski definition) is 0. The third-order valence-electron chi connectivity index (χ3n) is 2.57. The standard InChI is InChI=1S/C13H9ClN2S/c1-8-7-17-11-6-15-13(16-12(8)11)9-3-2-4-10(14)5-9/h2-7H,1H3. The highest BCUT2D eigenvalue weighted by atomic mass is 35.5. The molecule has 0 spiro atoms. The van der Waals surface area contributed by atoms with Gasteiger partial charge < -0.3 is 0 Å². The summed E-state index contributed by atoms with van der Waals surface area (Å²) in [4.78, 5) is 8.96. The van der Waals surface area contributed by atoms with Gasteiger partial charge in [0.1, 0.15) is 0 Å². The molecule has 0 bridgehead atoms. The first-order valence-electron chi connectivity index (χ1n) is 5.21. The number of benzene rings is 1. The van der Waals surface area contributed by atoms with Crippen LogP contribution in [-0.2, 0) is 0 Å². The van der Waals surface area contributed by atoms with Gasteiger partial charge in [-0.1, -0.05) is 23.7 Å². The molecule has 2 heterocycles. The van der Waals surface area contributed by atoms with Crippen LogP contribution >= 0.6 is 22.9 Å². The Morgan fingerprint density at radius 2 is 2.18 bits per heavy atom. The molecule has 0 atom stereocenters. The van der Waals surface area contributed by atoms with Crippen molar-refractivity contribution in [3.8, 4) is 11.4 Å². The largest absolute Gasteiger partial charge is 0.235 e. The van der Waals surface area contributed by atoms with Crippen molar-refractivity contribution in [3.05, 3.63) is 46.4 Å². The fourth-order valence-corrected chi connectivity index (χ4v) is 2.75. The van der Waals surface area contributed by atoms with Crippen molar-refractivity contribution in [1.29, 1.82) is 0 Å². The van der Waals surface area contributed by atoms with E-state index in [1.807, 2.05) is 30.5 Å². The van der Waals surface area contributed by atoms with Crippen molar-refractivity contribution in [2.75, 3.05) is 0 Å². The first kappa shape index (κ1) is 10.7. The number of fused-ring (bicyclic) bond motifs is 1. The van der Waals surface area contributed by atoms with Crippen LogP contribution in [0.15, 0.2) is 35.8 Å². The van der Waals surface area contributed by atoms with Crippen LogP contribution in [0.3, 0.4) is 0 Å². The summed E-state index contributed by atoms with van der Waals surface area (Å²) in [6.07, 6.45) is 1.87. The quantitative estimate of drug-likeness (QED) is 0.651. The second-order valence-corrected chi connectivity index (χ2v) is 5.18. The molecule has 0 unspecified atom stereocenters. The fraction of sp³-hybridized carbons (Fsp3) is 0.0769. The van der Waals surface area contributed by atoms with E-state index in [9.17, 15) is 0 Å². The summed E-state index contributed by atoms with van der Waals surface area (Å²) in [6.45, 7) is 2.06. The highest BCUT2D eigenvalue weighted by molar-refractivity contribution is 7.17. The van der Waals surface area contributed by atoms with E-state index in [-0.39, 0.29) is 0 Å². The van der Waals surface area contributed by atoms with E-state index in [0.29, 0.717) is 5.02 Å². The lowest BCUT2D eigenvalue weighted by atomic mass is 10.2. The number of thiophene rings is 1. The van der Waals surface area contributed by atoms with Gasteiger partial charge in [-0.15, -0.1) is 11.3 Å². The molecule has 0 aliphatic carbocycles. The number of rotatable bonds is 1. The Morgan fingerprint density at radius 3 is 3.00 bits per heavy atom. The van der Waals surface area contributed by atoms with Gasteiger partial charge in [-0.05, 0) is 30.0 Å². The van der Waals surface area contributed by atoms with Gasteiger partial charge >= 0.3 is 0 Å². The maximum absolute atomic E-state index is 5.97. The summed E-state index contributed by atoms with van der Waals surface area (Å²) in [5.41, 5.74) is 3.17. The van der Waals surface area contributed by atoms with Crippen molar-refractivity contribution in [3.63, 3.8) is 0 Å². The molecule has 0 radical (unpaired) electrons. The number of hydrogen-bond acceptors (Lipinski definition) is 3. The molecule has 0 amide bonds. The molecule has 3 rings (SSSR count). The van der Waals surface area contributed by atoms with Gasteiger partial charge in [0.05, 0.1) is 10.2 Å². The van der Waals surface area contributed by atoms with Crippen molar-refractivity contribution in [1.82, 2.24) is 9.97 Å². The maximum atomic E-state index is 5.97. The lowest BCUT2D eigenvalue weighted by Gasteiger charge is -2.01. The number of aryl methyl sites for hydroxylation is 1. The summed E-state index contributed by atoms with van der Waals surface area (Å²) in [5.74, 6) is 0.724. The minimum Gasteiger partial charge on any atom is -0.235 e. The third kappa shape index (κ3) is 1.92. The first-order valence-corrected chi connectivity index (χ1v) is 6.46. The number of aromatic nitrogens is 2. The van der Waals surface area contributed by atoms with Crippen molar-refractivity contribution < 1.29 is 0 Å². The Balaban J connectivity index is 2.20. The molecule has 2 aromatic heterocycles. The molecule has 0 saturated heterocycles. The van der Waals surface area contributed by atoms with Crippen LogP contribution in [0.2, 0.25) is 5.02 Å². The third-order valence-corrected chi connectivity index (χ3v) is 3.83. The number of nitrogens with zero attached hydrogens (tertiary/aromatic N) is 2. The SMILES string of the molecule is Cc1csc2cnc(-c3cccc(Cl)c3)nc12. The molecular weight excluding hydrogens is 252 g/mol. The molecule has 84 valence electrons. The van der Waals surface area contributed by atoms with Crippen molar-refractivity contribution in [2.24, 2.45) is 0 Å². The van der Waals surface area contributed by atoms with E-state index >= 15 is 0 Å². The van der Waals surface area contributed by atoms with Crippen LogP contribution in [0.1, 0.15) is 5.56 Å². The molecular formula is C13H9ClN2S. The van der Waals surface area contributed by atoms with Gasteiger partial charge in [-0.3, -0.25) is 0 Å². The zero-order valence-corrected chi connectivity index (χ0v) is 10.7. The molecule has 3 aromatic rings. The molecule has 0 fully saturated rings. The fourth-order valence-electron chi connectivity index (χ4n) is 1.71. The summed E-state index contributed by atoms with van der Waals surface area (Å²) < 4.78 is 1.12. The van der Waals surface area contributed by atoms with Gasteiger partial charge in [0.15, 0.2) is 5.82 Å². The van der Waals surface area contributed by atoms with Gasteiger partial charge in [-0.2, -0.15) is 0 Å². The van der Waals surface area contributed by atoms with E-state index in [0.717, 1.165) is 21.6 Å². The van der Waals surface area contributed by atoms with Gasteiger partial charge in [0.2, 0.25) is 0 Å². The first-order chi connectivity index (χ1) is 8.24. The molecule has 17 heavy (non-hydrogen) atoms. The average molecular weight is 261 g/mol. The van der Waals surface area contributed by atoms with Gasteiger partial charge in [0.25, 0.3) is 0 Å². The summed E-state index contributed by atoms with van der Waals surface area (Å²) in [7, 11) is 0. The second-order valence-electron chi connectivity index (χ2n) is 3.84. The Bertz CT molecular complexity index is 691. The van der Waals surface area contributed by atoms with Gasteiger partial charge in [-0.25, -0.2) is 9.97 Å². The van der Waals surface area contributed by atoms with Crippen LogP contribution < -0.4 is 0 Å². The van der Waals surface area contributed by atoms with Crippen LogP contribution in [0.5, 0.6) is 0 Å². The Labute approximate surface area is 108 Å². The Kier molecular flexibility index (Phi) is 2.57. The maximum Gasteiger partial charge on any atom is 0.159 e. The lowest BCUT2D eigenvalue weighted by molar-refractivity contribution is 1.23. The average Bonchev–Trinajstić information content (AvgIpc) is 2.71. The lowest BCUT2D eigenvalue weighted by Crippen LogP contribution is -1.88.